The quantitative estimate of drug-likeness (QED) is 0.614. The topological polar surface area (TPSA) is 97.5 Å². The Labute approximate surface area is 154 Å². The first-order valence-electron chi connectivity index (χ1n) is 7.95. The molecule has 1 amide bonds. The van der Waals surface area contributed by atoms with E-state index in [-0.39, 0.29) is 18.3 Å². The fourth-order valence-electron chi connectivity index (χ4n) is 2.24. The molecule has 0 aliphatic carbocycles. The van der Waals surface area contributed by atoms with E-state index in [9.17, 15) is 9.90 Å². The summed E-state index contributed by atoms with van der Waals surface area (Å²) in [5.74, 6) is 6.53. The lowest BCUT2D eigenvalue weighted by Gasteiger charge is -2.05. The van der Waals surface area contributed by atoms with Crippen LogP contribution in [0.2, 0.25) is 0 Å². The molecule has 1 heterocycles. The minimum absolute atomic E-state index is 0.0348. The summed E-state index contributed by atoms with van der Waals surface area (Å²) < 4.78 is 6.35. The number of carbonyl (C=O) groups excluding carboxylic acids is 1. The average molecular weight is 367 g/mol. The lowest BCUT2D eigenvalue weighted by Crippen LogP contribution is -2.09. The predicted molar refractivity (Wildman–Crippen MR) is 103 cm³/mol. The molecule has 0 bridgehead atoms. The number of thiazole rings is 1. The zero-order chi connectivity index (χ0) is 18.5. The molecule has 0 saturated carbocycles. The Balaban J connectivity index is 1.61. The highest BCUT2D eigenvalue weighted by molar-refractivity contribution is 7.22. The third-order valence-corrected chi connectivity index (χ3v) is 4.33. The second-order valence-corrected chi connectivity index (χ2v) is 6.47. The van der Waals surface area contributed by atoms with Crippen LogP contribution in [0, 0.1) is 11.8 Å². The lowest BCUT2D eigenvalue weighted by molar-refractivity contribution is -0.115. The van der Waals surface area contributed by atoms with Crippen molar-refractivity contribution in [2.45, 2.75) is 13.3 Å². The van der Waals surface area contributed by atoms with Gasteiger partial charge in [-0.1, -0.05) is 30.1 Å². The largest absolute Gasteiger partial charge is 0.506 e. The maximum atomic E-state index is 11.3. The lowest BCUT2D eigenvalue weighted by atomic mass is 10.2. The standard InChI is InChI=1S/C19H17N3O3S/c1-2-17(24)21-13-5-7-14(8-6-13)25-9-3-4-12-10-15(23)18-16(11-12)26-19(20)22-18/h5-8,10-11,23H,2,9H2,1H3,(H2,20,22)(H,21,24). The number of nitrogens with zero attached hydrogens (tertiary/aromatic N) is 1. The van der Waals surface area contributed by atoms with E-state index in [0.29, 0.717) is 28.4 Å². The van der Waals surface area contributed by atoms with Crippen LogP contribution in [-0.4, -0.2) is 22.6 Å². The van der Waals surface area contributed by atoms with E-state index >= 15 is 0 Å². The van der Waals surface area contributed by atoms with E-state index in [1.807, 2.05) is 6.07 Å². The minimum Gasteiger partial charge on any atom is -0.506 e. The summed E-state index contributed by atoms with van der Waals surface area (Å²) in [6.45, 7) is 2.00. The van der Waals surface area contributed by atoms with Crippen LogP contribution in [0.15, 0.2) is 36.4 Å². The Morgan fingerprint density at radius 1 is 1.35 bits per heavy atom. The number of nitrogens with one attached hydrogen (secondary N) is 1. The van der Waals surface area contributed by atoms with Crippen LogP contribution in [0.3, 0.4) is 0 Å². The zero-order valence-corrected chi connectivity index (χ0v) is 14.9. The molecule has 4 N–H and O–H groups in total. The fraction of sp³-hybridized carbons (Fsp3) is 0.158. The number of hydrogen-bond donors (Lipinski definition) is 3. The van der Waals surface area contributed by atoms with Gasteiger partial charge in [0.2, 0.25) is 5.91 Å². The van der Waals surface area contributed by atoms with Crippen molar-refractivity contribution in [2.75, 3.05) is 17.7 Å². The van der Waals surface area contributed by atoms with Gasteiger partial charge in [-0.25, -0.2) is 4.98 Å². The number of benzene rings is 2. The number of phenolic OH excluding ortho intramolecular Hbond substituents is 1. The number of aromatic hydroxyl groups is 1. The molecule has 7 heteroatoms. The van der Waals surface area contributed by atoms with Crippen LogP contribution < -0.4 is 15.8 Å². The van der Waals surface area contributed by atoms with Gasteiger partial charge < -0.3 is 20.9 Å². The number of fused-ring (bicyclic) bond motifs is 1. The van der Waals surface area contributed by atoms with Crippen molar-refractivity contribution < 1.29 is 14.6 Å². The molecule has 0 saturated heterocycles. The summed E-state index contributed by atoms with van der Waals surface area (Å²) in [6.07, 6.45) is 0.434. The number of carbonyl (C=O) groups is 1. The SMILES string of the molecule is CCC(=O)Nc1ccc(OCC#Cc2cc(O)c3nc(N)sc3c2)cc1. The summed E-state index contributed by atoms with van der Waals surface area (Å²) in [5, 5.41) is 13.1. The molecule has 0 aliphatic heterocycles. The Morgan fingerprint density at radius 3 is 2.85 bits per heavy atom. The van der Waals surface area contributed by atoms with Crippen molar-refractivity contribution in [2.24, 2.45) is 0 Å². The van der Waals surface area contributed by atoms with E-state index in [4.69, 9.17) is 10.5 Å². The maximum Gasteiger partial charge on any atom is 0.224 e. The molecule has 132 valence electrons. The van der Waals surface area contributed by atoms with Crippen LogP contribution >= 0.6 is 11.3 Å². The number of anilines is 2. The molecule has 2 aromatic carbocycles. The van der Waals surface area contributed by atoms with Crippen LogP contribution in [-0.2, 0) is 4.79 Å². The molecule has 0 atom stereocenters. The molecule has 0 spiro atoms. The number of rotatable bonds is 4. The number of amides is 1. The van der Waals surface area contributed by atoms with Crippen LogP contribution in [0.4, 0.5) is 10.8 Å². The maximum absolute atomic E-state index is 11.3. The number of ether oxygens (including phenoxy) is 1. The van der Waals surface area contributed by atoms with E-state index in [1.54, 1.807) is 37.3 Å². The second kappa shape index (κ2) is 7.76. The number of nitrogen functional groups attached to an aromatic ring is 1. The van der Waals surface area contributed by atoms with E-state index in [2.05, 4.69) is 22.1 Å². The molecule has 0 fully saturated rings. The monoisotopic (exact) mass is 367 g/mol. The Morgan fingerprint density at radius 2 is 2.12 bits per heavy atom. The first kappa shape index (κ1) is 17.6. The van der Waals surface area contributed by atoms with Gasteiger partial charge in [0.1, 0.15) is 23.6 Å². The number of nitrogens with two attached hydrogens (primary N) is 1. The van der Waals surface area contributed by atoms with Crippen LogP contribution in [0.1, 0.15) is 18.9 Å². The summed E-state index contributed by atoms with van der Waals surface area (Å²) in [6, 6.07) is 10.5. The highest BCUT2D eigenvalue weighted by Gasteiger charge is 2.07. The van der Waals surface area contributed by atoms with Crippen molar-refractivity contribution >= 4 is 38.3 Å². The molecule has 0 radical (unpaired) electrons. The smallest absolute Gasteiger partial charge is 0.224 e. The van der Waals surface area contributed by atoms with Gasteiger partial charge in [-0.3, -0.25) is 4.79 Å². The van der Waals surface area contributed by atoms with Gasteiger partial charge in [0.15, 0.2) is 5.13 Å². The molecular weight excluding hydrogens is 350 g/mol. The highest BCUT2D eigenvalue weighted by Crippen LogP contribution is 2.31. The number of aromatic nitrogens is 1. The van der Waals surface area contributed by atoms with Gasteiger partial charge in [0, 0.05) is 17.7 Å². The molecule has 0 aliphatic rings. The number of hydrogen-bond acceptors (Lipinski definition) is 6. The van der Waals surface area contributed by atoms with Gasteiger partial charge in [-0.05, 0) is 36.4 Å². The zero-order valence-electron chi connectivity index (χ0n) is 14.1. The number of phenols is 1. The van der Waals surface area contributed by atoms with Gasteiger partial charge in [0.05, 0.1) is 4.70 Å². The van der Waals surface area contributed by atoms with Gasteiger partial charge >= 0.3 is 0 Å². The van der Waals surface area contributed by atoms with Crippen molar-refractivity contribution in [3.63, 3.8) is 0 Å². The fourth-order valence-corrected chi connectivity index (χ4v) is 3.04. The van der Waals surface area contributed by atoms with E-state index in [1.165, 1.54) is 11.3 Å². The Bertz CT molecular complexity index is 1000. The predicted octanol–water partition coefficient (Wildman–Crippen LogP) is 3.36. The van der Waals surface area contributed by atoms with Gasteiger partial charge in [0.25, 0.3) is 0 Å². The summed E-state index contributed by atoms with van der Waals surface area (Å²) in [5.41, 5.74) is 7.54. The van der Waals surface area contributed by atoms with Gasteiger partial charge in [-0.2, -0.15) is 0 Å². The molecular formula is C19H17N3O3S. The molecule has 26 heavy (non-hydrogen) atoms. The van der Waals surface area contributed by atoms with Crippen molar-refractivity contribution in [1.82, 2.24) is 4.98 Å². The van der Waals surface area contributed by atoms with Crippen molar-refractivity contribution in [3.8, 4) is 23.3 Å². The summed E-state index contributed by atoms with van der Waals surface area (Å²) in [7, 11) is 0. The third-order valence-electron chi connectivity index (χ3n) is 3.49. The minimum atomic E-state index is -0.0348. The van der Waals surface area contributed by atoms with E-state index in [0.717, 1.165) is 10.4 Å². The normalized spacial score (nSPS) is 10.2. The van der Waals surface area contributed by atoms with Crippen molar-refractivity contribution in [3.05, 3.63) is 42.0 Å². The van der Waals surface area contributed by atoms with E-state index < -0.39 is 0 Å². The van der Waals surface area contributed by atoms with Crippen LogP contribution in [0.5, 0.6) is 11.5 Å². The Kier molecular flexibility index (Phi) is 5.25. The van der Waals surface area contributed by atoms with Gasteiger partial charge in [-0.15, -0.1) is 0 Å². The molecule has 0 unspecified atom stereocenters. The molecule has 1 aromatic heterocycles. The highest BCUT2D eigenvalue weighted by atomic mass is 32.1. The van der Waals surface area contributed by atoms with Crippen LogP contribution in [0.25, 0.3) is 10.2 Å². The second-order valence-electron chi connectivity index (χ2n) is 5.41. The Hall–Kier alpha value is -3.24. The summed E-state index contributed by atoms with van der Waals surface area (Å²) in [4.78, 5) is 15.4. The molecule has 6 nitrogen and oxygen atoms in total. The first-order chi connectivity index (χ1) is 12.5. The summed E-state index contributed by atoms with van der Waals surface area (Å²) >= 11 is 1.30. The average Bonchev–Trinajstić information content (AvgIpc) is 3.01. The molecule has 3 aromatic rings. The van der Waals surface area contributed by atoms with Crippen molar-refractivity contribution in [1.29, 1.82) is 0 Å². The first-order valence-corrected chi connectivity index (χ1v) is 8.77. The third kappa shape index (κ3) is 4.23. The molecule has 3 rings (SSSR count).